The monoisotopic (exact) mass is 589 g/mol. The Hall–Kier alpha value is -5.40. The summed E-state index contributed by atoms with van der Waals surface area (Å²) in [4.78, 5) is 0. The summed E-state index contributed by atoms with van der Waals surface area (Å²) in [6, 6.07) is 51.6. The van der Waals surface area contributed by atoms with E-state index in [-0.39, 0.29) is 5.41 Å². The number of hydrogen-bond acceptors (Lipinski definition) is 0. The van der Waals surface area contributed by atoms with Crippen LogP contribution in [0.15, 0.2) is 158 Å². The molecule has 46 heavy (non-hydrogen) atoms. The Kier molecular flexibility index (Phi) is 6.05. The summed E-state index contributed by atoms with van der Waals surface area (Å²) in [6.07, 6.45) is 7.94. The predicted octanol–water partition coefficient (Wildman–Crippen LogP) is 11.9. The van der Waals surface area contributed by atoms with Crippen molar-refractivity contribution in [2.45, 2.75) is 31.6 Å². The summed E-state index contributed by atoms with van der Waals surface area (Å²) in [5.41, 5.74) is 15.6. The molecule has 7 aromatic rings. The minimum Gasteiger partial charge on any atom is -0.309 e. The average molecular weight is 590 g/mol. The molecule has 0 fully saturated rings. The minimum atomic E-state index is -0.133. The van der Waals surface area contributed by atoms with Gasteiger partial charge in [-0.25, -0.2) is 0 Å². The third kappa shape index (κ3) is 4.16. The van der Waals surface area contributed by atoms with Gasteiger partial charge in [-0.2, -0.15) is 0 Å². The van der Waals surface area contributed by atoms with E-state index < -0.39 is 0 Å². The molecule has 220 valence electrons. The van der Waals surface area contributed by atoms with Crippen molar-refractivity contribution in [3.8, 4) is 27.9 Å². The number of fused-ring (bicyclic) bond motifs is 5. The molecule has 0 spiro atoms. The Balaban J connectivity index is 1.27. The maximum absolute atomic E-state index is 2.52. The van der Waals surface area contributed by atoms with Crippen LogP contribution in [0.5, 0.6) is 0 Å². The fourth-order valence-electron chi connectivity index (χ4n) is 7.91. The first kappa shape index (κ1) is 27.0. The molecule has 0 bridgehead atoms. The summed E-state index contributed by atoms with van der Waals surface area (Å²) < 4.78 is 2.52. The normalized spacial score (nSPS) is 16.4. The van der Waals surface area contributed by atoms with E-state index in [9.17, 15) is 0 Å². The van der Waals surface area contributed by atoms with Crippen LogP contribution in [0.1, 0.15) is 48.4 Å². The number of benzene rings is 6. The summed E-state index contributed by atoms with van der Waals surface area (Å²) in [7, 11) is 0. The number of allylic oxidation sites excluding steroid dienone is 4. The van der Waals surface area contributed by atoms with Gasteiger partial charge in [0.2, 0.25) is 0 Å². The summed E-state index contributed by atoms with van der Waals surface area (Å²) >= 11 is 0. The second-order valence-electron chi connectivity index (χ2n) is 13.4. The predicted molar refractivity (Wildman–Crippen MR) is 195 cm³/mol. The number of aromatic nitrogens is 1. The molecule has 1 nitrogen and oxygen atoms in total. The first-order valence-corrected chi connectivity index (χ1v) is 16.4. The van der Waals surface area contributed by atoms with Crippen LogP contribution in [0.25, 0.3) is 55.3 Å². The van der Waals surface area contributed by atoms with Crippen molar-refractivity contribution in [2.24, 2.45) is 0 Å². The van der Waals surface area contributed by atoms with Gasteiger partial charge in [-0.15, -0.1) is 0 Å². The molecule has 2 heterocycles. The molecule has 1 unspecified atom stereocenters. The smallest absolute Gasteiger partial charge is 0.0582 e. The van der Waals surface area contributed by atoms with Crippen molar-refractivity contribution in [2.75, 3.05) is 0 Å². The topological polar surface area (TPSA) is 4.93 Å². The van der Waals surface area contributed by atoms with Crippen molar-refractivity contribution in [3.63, 3.8) is 0 Å². The molecule has 1 atom stereocenters. The molecule has 9 rings (SSSR count). The lowest BCUT2D eigenvalue weighted by molar-refractivity contribution is 0.630. The van der Waals surface area contributed by atoms with E-state index in [1.54, 1.807) is 0 Å². The molecule has 2 aliphatic rings. The van der Waals surface area contributed by atoms with E-state index in [4.69, 9.17) is 0 Å². The largest absolute Gasteiger partial charge is 0.309 e. The van der Waals surface area contributed by atoms with Crippen LogP contribution < -0.4 is 0 Å². The van der Waals surface area contributed by atoms with Gasteiger partial charge in [-0.05, 0) is 92.9 Å². The van der Waals surface area contributed by atoms with Crippen LogP contribution in [0.4, 0.5) is 0 Å². The lowest BCUT2D eigenvalue weighted by atomic mass is 9.73. The van der Waals surface area contributed by atoms with Crippen LogP contribution in [0.2, 0.25) is 0 Å². The Morgan fingerprint density at radius 3 is 2.07 bits per heavy atom. The van der Waals surface area contributed by atoms with Gasteiger partial charge in [-0.3, -0.25) is 0 Å². The molecule has 6 aromatic carbocycles. The molecule has 1 aliphatic heterocycles. The second-order valence-corrected chi connectivity index (χ2v) is 13.4. The average Bonchev–Trinajstić information content (AvgIpc) is 3.45. The molecule has 0 N–H and O–H groups in total. The fourth-order valence-corrected chi connectivity index (χ4v) is 7.91. The van der Waals surface area contributed by atoms with Crippen LogP contribution in [0, 0.1) is 0 Å². The van der Waals surface area contributed by atoms with Crippen molar-refractivity contribution in [1.82, 2.24) is 4.57 Å². The molecule has 1 aromatic heterocycles. The van der Waals surface area contributed by atoms with Gasteiger partial charge in [0.05, 0.1) is 16.7 Å². The quantitative estimate of drug-likeness (QED) is 0.192. The van der Waals surface area contributed by atoms with Gasteiger partial charge >= 0.3 is 0 Å². The second kappa shape index (κ2) is 10.3. The third-order valence-electron chi connectivity index (χ3n) is 10.3. The Labute approximate surface area is 270 Å². The highest BCUT2D eigenvalue weighted by atomic mass is 15.0. The molecular formula is C45H35N. The summed E-state index contributed by atoms with van der Waals surface area (Å²) in [5, 5.41) is 2.64. The minimum absolute atomic E-state index is 0.133. The van der Waals surface area contributed by atoms with Crippen molar-refractivity contribution in [3.05, 3.63) is 180 Å². The van der Waals surface area contributed by atoms with E-state index in [2.05, 4.69) is 176 Å². The molecule has 0 amide bonds. The van der Waals surface area contributed by atoms with Gasteiger partial charge in [0.1, 0.15) is 0 Å². The molecule has 0 saturated heterocycles. The van der Waals surface area contributed by atoms with Gasteiger partial charge in [0.15, 0.2) is 0 Å². The Morgan fingerprint density at radius 2 is 1.24 bits per heavy atom. The molecular weight excluding hydrogens is 555 g/mol. The lowest BCUT2D eigenvalue weighted by Crippen LogP contribution is -2.26. The molecule has 0 radical (unpaired) electrons. The summed E-state index contributed by atoms with van der Waals surface area (Å²) in [6.45, 7) is 4.79. The summed E-state index contributed by atoms with van der Waals surface area (Å²) in [5.74, 6) is 0.381. The maximum atomic E-state index is 2.52. The van der Waals surface area contributed by atoms with Gasteiger partial charge in [0.25, 0.3) is 0 Å². The standard InChI is InChI=1S/C45H35N/c1-45(2)40-21-9-10-22-43(40)46-42-24-23-36(34-19-11-17-32(25-34)30-13-5-3-6-14-30)27-38(42)39-28-37(29-41(45)44(39)46)35-20-12-18-33(26-35)31-15-7-4-8-16-31/h3-25,27-29,33H,26H2,1-2H3. The lowest BCUT2D eigenvalue weighted by Gasteiger charge is -2.35. The first-order chi connectivity index (χ1) is 22.6. The Bertz CT molecular complexity index is 2350. The third-order valence-corrected chi connectivity index (χ3v) is 10.3. The van der Waals surface area contributed by atoms with Gasteiger partial charge in [-0.1, -0.05) is 135 Å². The Morgan fingerprint density at radius 1 is 0.565 bits per heavy atom. The van der Waals surface area contributed by atoms with E-state index in [1.165, 1.54) is 77.6 Å². The SMILES string of the molecule is CC1(C)c2ccccc2-n2c3ccc(-c4cccc(-c5ccccc5)c4)cc3c3cc(C4=CC=CC(c5ccccc5)C4)cc1c32. The highest BCUT2D eigenvalue weighted by Crippen LogP contribution is 2.49. The van der Waals surface area contributed by atoms with Crippen LogP contribution in [-0.2, 0) is 5.41 Å². The van der Waals surface area contributed by atoms with E-state index in [0.29, 0.717) is 5.92 Å². The number of rotatable bonds is 4. The zero-order valence-corrected chi connectivity index (χ0v) is 26.2. The van der Waals surface area contributed by atoms with Gasteiger partial charge < -0.3 is 4.57 Å². The zero-order chi connectivity index (χ0) is 30.8. The van der Waals surface area contributed by atoms with Crippen molar-refractivity contribution in [1.29, 1.82) is 0 Å². The molecule has 0 saturated carbocycles. The highest BCUT2D eigenvalue weighted by molar-refractivity contribution is 6.13. The molecule has 1 aliphatic carbocycles. The van der Waals surface area contributed by atoms with E-state index in [1.807, 2.05) is 0 Å². The van der Waals surface area contributed by atoms with E-state index >= 15 is 0 Å². The number of nitrogens with zero attached hydrogens (tertiary/aromatic N) is 1. The number of hydrogen-bond donors (Lipinski definition) is 0. The van der Waals surface area contributed by atoms with Crippen LogP contribution >= 0.6 is 0 Å². The first-order valence-electron chi connectivity index (χ1n) is 16.4. The molecule has 1 heteroatoms. The van der Waals surface area contributed by atoms with Crippen LogP contribution in [-0.4, -0.2) is 4.57 Å². The van der Waals surface area contributed by atoms with Crippen molar-refractivity contribution < 1.29 is 0 Å². The van der Waals surface area contributed by atoms with E-state index in [0.717, 1.165) is 6.42 Å². The van der Waals surface area contributed by atoms with Crippen LogP contribution in [0.3, 0.4) is 0 Å². The zero-order valence-electron chi connectivity index (χ0n) is 26.2. The maximum Gasteiger partial charge on any atom is 0.0582 e. The van der Waals surface area contributed by atoms with Gasteiger partial charge in [0, 0.05) is 22.1 Å². The highest BCUT2D eigenvalue weighted by Gasteiger charge is 2.35. The fraction of sp³-hybridized carbons (Fsp3) is 0.111. The van der Waals surface area contributed by atoms with Crippen molar-refractivity contribution >= 4 is 27.4 Å². The number of para-hydroxylation sites is 1.